The van der Waals surface area contributed by atoms with Crippen LogP contribution in [-0.4, -0.2) is 56.8 Å². The van der Waals surface area contributed by atoms with Gasteiger partial charge in [-0.25, -0.2) is 9.59 Å². The van der Waals surface area contributed by atoms with E-state index in [9.17, 15) is 24.3 Å². The fourth-order valence-electron chi connectivity index (χ4n) is 2.98. The van der Waals surface area contributed by atoms with Crippen LogP contribution in [0.25, 0.3) is 10.9 Å². The van der Waals surface area contributed by atoms with Gasteiger partial charge >= 0.3 is 18.0 Å². The van der Waals surface area contributed by atoms with E-state index in [-0.39, 0.29) is 12.8 Å². The number of carboxylic acids is 2. The Bertz CT molecular complexity index is 961. The fourth-order valence-corrected chi connectivity index (χ4v) is 2.98. The van der Waals surface area contributed by atoms with Crippen LogP contribution in [0.15, 0.2) is 30.5 Å². The van der Waals surface area contributed by atoms with Crippen molar-refractivity contribution in [2.75, 3.05) is 0 Å². The molecule has 2 aromatic rings. The lowest BCUT2D eigenvalue weighted by molar-refractivity contribution is -0.142. The Hall–Kier alpha value is -3.56. The van der Waals surface area contributed by atoms with Crippen molar-refractivity contribution in [3.8, 4) is 0 Å². The Balaban J connectivity index is 2.13. The zero-order valence-corrected chi connectivity index (χ0v) is 17.6. The second-order valence-electron chi connectivity index (χ2n) is 8.09. The average molecular weight is 433 g/mol. The molecule has 0 aliphatic carbocycles. The van der Waals surface area contributed by atoms with Gasteiger partial charge in [0.25, 0.3) is 0 Å². The molecule has 0 radical (unpaired) electrons. The normalized spacial score (nSPS) is 13.3. The lowest BCUT2D eigenvalue weighted by Gasteiger charge is -2.24. The van der Waals surface area contributed by atoms with Gasteiger partial charge < -0.3 is 30.6 Å². The number of fused-ring (bicyclic) bond motifs is 1. The highest BCUT2D eigenvalue weighted by Crippen LogP contribution is 2.19. The Morgan fingerprint density at radius 2 is 1.74 bits per heavy atom. The van der Waals surface area contributed by atoms with Gasteiger partial charge in [-0.1, -0.05) is 18.2 Å². The van der Waals surface area contributed by atoms with E-state index in [4.69, 9.17) is 9.84 Å². The predicted molar refractivity (Wildman–Crippen MR) is 112 cm³/mol. The molecule has 0 fully saturated rings. The Labute approximate surface area is 179 Å². The molecule has 0 bridgehead atoms. The van der Waals surface area contributed by atoms with Crippen molar-refractivity contribution >= 4 is 34.8 Å². The first-order chi connectivity index (χ1) is 14.5. The highest BCUT2D eigenvalue weighted by Gasteiger charge is 2.29. The van der Waals surface area contributed by atoms with Crippen LogP contribution >= 0.6 is 0 Å². The summed E-state index contributed by atoms with van der Waals surface area (Å²) in [5, 5.41) is 24.1. The summed E-state index contributed by atoms with van der Waals surface area (Å²) in [7, 11) is 0. The summed E-state index contributed by atoms with van der Waals surface area (Å²) >= 11 is 0. The number of alkyl carbamates (subject to hydrolysis) is 1. The molecular formula is C21H27N3O7. The van der Waals surface area contributed by atoms with Crippen LogP contribution < -0.4 is 10.6 Å². The first kappa shape index (κ1) is 23.7. The molecule has 1 aromatic carbocycles. The van der Waals surface area contributed by atoms with Gasteiger partial charge in [-0.15, -0.1) is 0 Å². The Morgan fingerprint density at radius 3 is 2.35 bits per heavy atom. The largest absolute Gasteiger partial charge is 0.481 e. The van der Waals surface area contributed by atoms with Crippen molar-refractivity contribution in [2.24, 2.45) is 0 Å². The third-order valence-corrected chi connectivity index (χ3v) is 4.37. The molecule has 1 heterocycles. The lowest BCUT2D eigenvalue weighted by atomic mass is 10.0. The van der Waals surface area contributed by atoms with Crippen molar-refractivity contribution in [3.05, 3.63) is 36.0 Å². The van der Waals surface area contributed by atoms with E-state index in [2.05, 4.69) is 15.6 Å². The summed E-state index contributed by atoms with van der Waals surface area (Å²) in [6, 6.07) is 4.80. The molecule has 0 spiro atoms. The molecular weight excluding hydrogens is 406 g/mol. The summed E-state index contributed by atoms with van der Waals surface area (Å²) < 4.78 is 5.11. The first-order valence-corrected chi connectivity index (χ1v) is 9.75. The minimum absolute atomic E-state index is 0.00315. The number of carboxylic acid groups (broad SMARTS) is 2. The van der Waals surface area contributed by atoms with E-state index in [1.54, 1.807) is 27.0 Å². The molecule has 5 N–H and O–H groups in total. The molecule has 2 rings (SSSR count). The number of benzene rings is 1. The number of hydrogen-bond donors (Lipinski definition) is 5. The summed E-state index contributed by atoms with van der Waals surface area (Å²) in [5.74, 6) is -3.22. The van der Waals surface area contributed by atoms with E-state index >= 15 is 0 Å². The molecule has 0 aliphatic rings. The number of hydrogen-bond acceptors (Lipinski definition) is 5. The number of nitrogens with one attached hydrogen (secondary N) is 3. The summed E-state index contributed by atoms with van der Waals surface area (Å²) in [6.45, 7) is 4.92. The standard InChI is InChI=1S/C21H27N3O7/c1-21(2,3)31-20(30)24-15(8-9-17(25)26)18(27)23-16(19(28)29)10-12-11-22-14-7-5-4-6-13(12)14/h4-7,11,15-16,22H,8-10H2,1-3H3,(H,23,27)(H,24,30)(H,25,26)(H,28,29)/t15-,16-/m1/s1. The van der Waals surface area contributed by atoms with Crippen LogP contribution in [0, 0.1) is 0 Å². The van der Waals surface area contributed by atoms with Gasteiger partial charge in [-0.3, -0.25) is 9.59 Å². The van der Waals surface area contributed by atoms with E-state index in [0.717, 1.165) is 10.9 Å². The maximum atomic E-state index is 12.7. The first-order valence-electron chi connectivity index (χ1n) is 9.75. The quantitative estimate of drug-likeness (QED) is 0.405. The van der Waals surface area contributed by atoms with Gasteiger partial charge in [0.15, 0.2) is 0 Å². The van der Waals surface area contributed by atoms with E-state index in [1.165, 1.54) is 0 Å². The molecule has 1 aromatic heterocycles. The molecule has 31 heavy (non-hydrogen) atoms. The number of rotatable bonds is 9. The van der Waals surface area contributed by atoms with Crippen LogP contribution in [-0.2, 0) is 25.5 Å². The minimum Gasteiger partial charge on any atom is -0.481 e. The summed E-state index contributed by atoms with van der Waals surface area (Å²) in [6.07, 6.45) is 0.159. The molecule has 2 atom stereocenters. The van der Waals surface area contributed by atoms with E-state index < -0.39 is 48.0 Å². The summed E-state index contributed by atoms with van der Waals surface area (Å²) in [5.41, 5.74) is 0.709. The number of carbonyl (C=O) groups excluding carboxylic acids is 2. The van der Waals surface area contributed by atoms with E-state index in [0.29, 0.717) is 5.56 Å². The van der Waals surface area contributed by atoms with Gasteiger partial charge in [0.2, 0.25) is 5.91 Å². The van der Waals surface area contributed by atoms with Crippen molar-refractivity contribution in [1.29, 1.82) is 0 Å². The van der Waals surface area contributed by atoms with Crippen molar-refractivity contribution < 1.29 is 34.1 Å². The van der Waals surface area contributed by atoms with Crippen molar-refractivity contribution in [2.45, 2.75) is 57.7 Å². The van der Waals surface area contributed by atoms with Gasteiger partial charge in [0, 0.05) is 29.9 Å². The minimum atomic E-state index is -1.28. The van der Waals surface area contributed by atoms with Crippen molar-refractivity contribution in [3.63, 3.8) is 0 Å². The van der Waals surface area contributed by atoms with Crippen LogP contribution in [0.4, 0.5) is 4.79 Å². The van der Waals surface area contributed by atoms with Gasteiger partial charge in [-0.2, -0.15) is 0 Å². The monoisotopic (exact) mass is 433 g/mol. The number of aromatic amines is 1. The lowest BCUT2D eigenvalue weighted by Crippen LogP contribution is -2.53. The number of carbonyl (C=O) groups is 4. The Kier molecular flexibility index (Phi) is 7.62. The Morgan fingerprint density at radius 1 is 1.06 bits per heavy atom. The molecule has 0 saturated carbocycles. The molecule has 168 valence electrons. The molecule has 0 saturated heterocycles. The number of aromatic nitrogens is 1. The maximum Gasteiger partial charge on any atom is 0.408 e. The molecule has 10 nitrogen and oxygen atoms in total. The predicted octanol–water partition coefficient (Wildman–Crippen LogP) is 2.04. The topological polar surface area (TPSA) is 158 Å². The number of aliphatic carboxylic acids is 2. The zero-order chi connectivity index (χ0) is 23.2. The average Bonchev–Trinajstić information content (AvgIpc) is 3.05. The van der Waals surface area contributed by atoms with Gasteiger partial charge in [0.1, 0.15) is 17.7 Å². The number of H-pyrrole nitrogens is 1. The van der Waals surface area contributed by atoms with Gasteiger partial charge in [0.05, 0.1) is 0 Å². The third-order valence-electron chi connectivity index (χ3n) is 4.37. The molecule has 0 unspecified atom stereocenters. The smallest absolute Gasteiger partial charge is 0.408 e. The second-order valence-corrected chi connectivity index (χ2v) is 8.09. The summed E-state index contributed by atoms with van der Waals surface area (Å²) in [4.78, 5) is 50.5. The fraction of sp³-hybridized carbons (Fsp3) is 0.429. The van der Waals surface area contributed by atoms with Crippen LogP contribution in [0.5, 0.6) is 0 Å². The van der Waals surface area contributed by atoms with Crippen LogP contribution in [0.2, 0.25) is 0 Å². The SMILES string of the molecule is CC(C)(C)OC(=O)N[C@H](CCC(=O)O)C(=O)N[C@H](Cc1c[nH]c2ccccc12)C(=O)O. The van der Waals surface area contributed by atoms with E-state index in [1.807, 2.05) is 24.3 Å². The molecule has 10 heteroatoms. The highest BCUT2D eigenvalue weighted by atomic mass is 16.6. The van der Waals surface area contributed by atoms with Crippen LogP contribution in [0.1, 0.15) is 39.2 Å². The van der Waals surface area contributed by atoms with Crippen LogP contribution in [0.3, 0.4) is 0 Å². The third kappa shape index (κ3) is 7.32. The molecule has 0 aliphatic heterocycles. The van der Waals surface area contributed by atoms with Crippen molar-refractivity contribution in [1.82, 2.24) is 15.6 Å². The number of ether oxygens (including phenoxy) is 1. The number of para-hydroxylation sites is 1. The highest BCUT2D eigenvalue weighted by molar-refractivity contribution is 5.90. The van der Waals surface area contributed by atoms with Gasteiger partial charge in [-0.05, 0) is 38.8 Å². The number of amides is 2. The second kappa shape index (κ2) is 9.96. The molecule has 2 amide bonds. The maximum absolute atomic E-state index is 12.7. The zero-order valence-electron chi connectivity index (χ0n) is 17.6.